The van der Waals surface area contributed by atoms with E-state index in [0.29, 0.717) is 13.2 Å². The van der Waals surface area contributed by atoms with Crippen LogP contribution >= 0.6 is 0 Å². The van der Waals surface area contributed by atoms with E-state index in [4.69, 9.17) is 4.74 Å². The van der Waals surface area contributed by atoms with Crippen molar-refractivity contribution in [1.29, 1.82) is 0 Å². The van der Waals surface area contributed by atoms with Gasteiger partial charge in [-0.05, 0) is 49.9 Å². The number of piperidine rings is 1. The third kappa shape index (κ3) is 3.79. The average Bonchev–Trinajstić information content (AvgIpc) is 2.96. The Morgan fingerprint density at radius 2 is 2.08 bits per heavy atom. The Hall–Kier alpha value is -1.43. The molecule has 3 rings (SSSR count). The maximum absolute atomic E-state index is 12.2. The highest BCUT2D eigenvalue weighted by Gasteiger charge is 2.37. The molecule has 5 heteroatoms. The van der Waals surface area contributed by atoms with Gasteiger partial charge in [0.1, 0.15) is 0 Å². The maximum atomic E-state index is 12.2. The van der Waals surface area contributed by atoms with Crippen LogP contribution < -0.4 is 5.32 Å². The number of nitrogens with zero attached hydrogens (tertiary/aromatic N) is 1. The number of rotatable bonds is 6. The van der Waals surface area contributed by atoms with Crippen LogP contribution in [-0.4, -0.2) is 55.3 Å². The lowest BCUT2D eigenvalue weighted by Gasteiger charge is -2.36. The Kier molecular flexibility index (Phi) is 5.87. The van der Waals surface area contributed by atoms with E-state index in [2.05, 4.69) is 16.3 Å². The highest BCUT2D eigenvalue weighted by molar-refractivity contribution is 5.78. The number of hydrogen-bond donors (Lipinski definition) is 2. The number of aliphatic hydroxyl groups excluding tert-OH is 1. The number of likely N-dealkylation sites (tertiary alicyclic amines) is 1. The number of hydrogen-bond acceptors (Lipinski definition) is 4. The van der Waals surface area contributed by atoms with Gasteiger partial charge >= 0.3 is 0 Å². The van der Waals surface area contributed by atoms with E-state index in [1.807, 2.05) is 18.2 Å². The fourth-order valence-corrected chi connectivity index (χ4v) is 3.95. The number of carbonyl (C=O) groups is 1. The summed E-state index contributed by atoms with van der Waals surface area (Å²) >= 11 is 0. The number of aliphatic hydroxyl groups is 1. The molecule has 1 aliphatic carbocycles. The molecule has 1 saturated heterocycles. The van der Waals surface area contributed by atoms with Crippen LogP contribution in [-0.2, 0) is 16.0 Å². The van der Waals surface area contributed by atoms with Crippen molar-refractivity contribution in [3.05, 3.63) is 35.4 Å². The molecule has 1 aromatic rings. The fourth-order valence-electron chi connectivity index (χ4n) is 3.95. The van der Waals surface area contributed by atoms with Crippen molar-refractivity contribution >= 4 is 5.91 Å². The molecule has 132 valence electrons. The topological polar surface area (TPSA) is 61.8 Å². The first-order chi connectivity index (χ1) is 11.7. The molecule has 1 aliphatic heterocycles. The molecule has 0 bridgehead atoms. The summed E-state index contributed by atoms with van der Waals surface area (Å²) in [5.41, 5.74) is 2.33. The van der Waals surface area contributed by atoms with Crippen molar-refractivity contribution in [1.82, 2.24) is 10.2 Å². The number of nitrogens with one attached hydrogen (secondary N) is 1. The molecule has 0 spiro atoms. The summed E-state index contributed by atoms with van der Waals surface area (Å²) in [7, 11) is 1.67. The van der Waals surface area contributed by atoms with Crippen molar-refractivity contribution < 1.29 is 14.6 Å². The normalized spacial score (nSPS) is 24.8. The number of fused-ring (bicyclic) bond motifs is 1. The van der Waals surface area contributed by atoms with Crippen molar-refractivity contribution in [2.45, 2.75) is 37.8 Å². The van der Waals surface area contributed by atoms with Crippen LogP contribution in [0.3, 0.4) is 0 Å². The summed E-state index contributed by atoms with van der Waals surface area (Å²) in [5.74, 6) is 0.269. The molecule has 0 radical (unpaired) electrons. The van der Waals surface area contributed by atoms with Crippen LogP contribution in [0.1, 0.15) is 36.5 Å². The summed E-state index contributed by atoms with van der Waals surface area (Å²) in [4.78, 5) is 14.6. The molecule has 2 N–H and O–H groups in total. The summed E-state index contributed by atoms with van der Waals surface area (Å²) < 4.78 is 5.00. The molecule has 0 saturated carbocycles. The Morgan fingerprint density at radius 3 is 2.79 bits per heavy atom. The van der Waals surface area contributed by atoms with Gasteiger partial charge < -0.3 is 15.2 Å². The highest BCUT2D eigenvalue weighted by Crippen LogP contribution is 2.35. The van der Waals surface area contributed by atoms with Crippen LogP contribution in [0.2, 0.25) is 0 Å². The van der Waals surface area contributed by atoms with E-state index in [1.165, 1.54) is 5.56 Å². The molecule has 1 heterocycles. The number of methoxy groups -OCH3 is 1. The summed E-state index contributed by atoms with van der Waals surface area (Å²) in [6.07, 6.45) is 3.10. The number of benzene rings is 1. The van der Waals surface area contributed by atoms with Crippen molar-refractivity contribution in [3.8, 4) is 0 Å². The first-order valence-corrected chi connectivity index (χ1v) is 8.97. The Morgan fingerprint density at radius 1 is 1.33 bits per heavy atom. The molecular weight excluding hydrogens is 304 g/mol. The fraction of sp³-hybridized carbons (Fsp3) is 0.632. The lowest BCUT2D eigenvalue weighted by atomic mass is 9.94. The van der Waals surface area contributed by atoms with Gasteiger partial charge in [0.05, 0.1) is 6.10 Å². The molecule has 1 aromatic carbocycles. The van der Waals surface area contributed by atoms with E-state index in [9.17, 15) is 9.90 Å². The van der Waals surface area contributed by atoms with Gasteiger partial charge in [0.25, 0.3) is 0 Å². The number of ether oxygens (including phenoxy) is 1. The molecule has 24 heavy (non-hydrogen) atoms. The molecule has 2 aliphatic rings. The van der Waals surface area contributed by atoms with Crippen molar-refractivity contribution in [2.24, 2.45) is 5.92 Å². The van der Waals surface area contributed by atoms with Gasteiger partial charge in [-0.25, -0.2) is 0 Å². The van der Waals surface area contributed by atoms with E-state index in [0.717, 1.165) is 44.3 Å². The standard InChI is InChI=1S/C19H28N2O3/c1-24-12-4-9-20-19(23)14-7-10-21(11-8-14)17-13-15-5-2-3-6-16(15)18(17)22/h2-3,5-6,14,17-18,22H,4,7-13H2,1H3,(H,20,23)/t17-,18+/m0/s1. The SMILES string of the molecule is COCCCNC(=O)C1CCN([C@H]2Cc3ccccc3[C@H]2O)CC1. The van der Waals surface area contributed by atoms with Crippen LogP contribution in [0.5, 0.6) is 0 Å². The first kappa shape index (κ1) is 17.4. The molecular formula is C19H28N2O3. The molecule has 5 nitrogen and oxygen atoms in total. The highest BCUT2D eigenvalue weighted by atomic mass is 16.5. The minimum atomic E-state index is -0.402. The van der Waals surface area contributed by atoms with E-state index in [-0.39, 0.29) is 17.9 Å². The third-order valence-corrected chi connectivity index (χ3v) is 5.36. The van der Waals surface area contributed by atoms with E-state index in [1.54, 1.807) is 7.11 Å². The van der Waals surface area contributed by atoms with Crippen LogP contribution in [0.25, 0.3) is 0 Å². The van der Waals surface area contributed by atoms with Crippen LogP contribution in [0, 0.1) is 5.92 Å². The molecule has 0 aromatic heterocycles. The largest absolute Gasteiger partial charge is 0.387 e. The van der Waals surface area contributed by atoms with E-state index < -0.39 is 6.10 Å². The molecule has 1 fully saturated rings. The van der Waals surface area contributed by atoms with Gasteiger partial charge in [-0.1, -0.05) is 24.3 Å². The second kappa shape index (κ2) is 8.10. The quantitative estimate of drug-likeness (QED) is 0.775. The van der Waals surface area contributed by atoms with Gasteiger partial charge in [0.15, 0.2) is 0 Å². The Balaban J connectivity index is 1.47. The molecule has 2 atom stereocenters. The average molecular weight is 332 g/mol. The second-order valence-electron chi connectivity index (χ2n) is 6.86. The van der Waals surface area contributed by atoms with Crippen LogP contribution in [0.15, 0.2) is 24.3 Å². The van der Waals surface area contributed by atoms with E-state index >= 15 is 0 Å². The predicted octanol–water partition coefficient (Wildman–Crippen LogP) is 1.51. The van der Waals surface area contributed by atoms with Gasteiger partial charge in [-0.3, -0.25) is 9.69 Å². The first-order valence-electron chi connectivity index (χ1n) is 8.97. The molecule has 0 unspecified atom stereocenters. The second-order valence-corrected chi connectivity index (χ2v) is 6.86. The lowest BCUT2D eigenvalue weighted by Crippen LogP contribution is -2.46. The zero-order valence-corrected chi connectivity index (χ0v) is 14.4. The third-order valence-electron chi connectivity index (χ3n) is 5.36. The minimum absolute atomic E-state index is 0.102. The zero-order chi connectivity index (χ0) is 16.9. The minimum Gasteiger partial charge on any atom is -0.387 e. The van der Waals surface area contributed by atoms with Crippen molar-refractivity contribution in [2.75, 3.05) is 33.4 Å². The van der Waals surface area contributed by atoms with Crippen molar-refractivity contribution in [3.63, 3.8) is 0 Å². The summed E-state index contributed by atoms with van der Waals surface area (Å²) in [5, 5.41) is 13.6. The molecule has 1 amide bonds. The Bertz CT molecular complexity index is 555. The maximum Gasteiger partial charge on any atom is 0.223 e. The number of carbonyl (C=O) groups excluding carboxylic acids is 1. The van der Waals surface area contributed by atoms with Gasteiger partial charge in [0, 0.05) is 32.2 Å². The van der Waals surface area contributed by atoms with Gasteiger partial charge in [-0.15, -0.1) is 0 Å². The number of amides is 1. The van der Waals surface area contributed by atoms with Gasteiger partial charge in [0.2, 0.25) is 5.91 Å². The predicted molar refractivity (Wildman–Crippen MR) is 92.7 cm³/mol. The monoisotopic (exact) mass is 332 g/mol. The van der Waals surface area contributed by atoms with Gasteiger partial charge in [-0.2, -0.15) is 0 Å². The van der Waals surface area contributed by atoms with Crippen LogP contribution in [0.4, 0.5) is 0 Å². The summed E-state index contributed by atoms with van der Waals surface area (Å²) in [6.45, 7) is 3.13. The smallest absolute Gasteiger partial charge is 0.223 e. The zero-order valence-electron chi connectivity index (χ0n) is 14.4. The lowest BCUT2D eigenvalue weighted by molar-refractivity contribution is -0.126. The Labute approximate surface area is 144 Å². The summed E-state index contributed by atoms with van der Waals surface area (Å²) in [6, 6.07) is 8.32.